The third kappa shape index (κ3) is 3.58. The number of hydrogen-bond acceptors (Lipinski definition) is 1. The van der Waals surface area contributed by atoms with Gasteiger partial charge in [0.05, 0.1) is 5.57 Å². The normalized spacial score (nSPS) is 15.5. The van der Waals surface area contributed by atoms with Crippen LogP contribution in [-0.4, -0.2) is 5.78 Å². The summed E-state index contributed by atoms with van der Waals surface area (Å²) < 4.78 is 0. The van der Waals surface area contributed by atoms with Gasteiger partial charge in [-0.25, -0.2) is 0 Å². The largest absolute Gasteiger partial charge is 0.293 e. The van der Waals surface area contributed by atoms with Crippen LogP contribution < -0.4 is 0 Å². The molecule has 0 unspecified atom stereocenters. The molecule has 2 rings (SSSR count). The fourth-order valence-electron chi connectivity index (χ4n) is 2.07. The zero-order valence-corrected chi connectivity index (χ0v) is 11.9. The molecule has 0 fully saturated rings. The van der Waals surface area contributed by atoms with Gasteiger partial charge in [-0.05, 0) is 36.0 Å². The van der Waals surface area contributed by atoms with Crippen LogP contribution in [0.5, 0.6) is 0 Å². The van der Waals surface area contributed by atoms with Crippen LogP contribution in [0.1, 0.15) is 51.2 Å². The van der Waals surface area contributed by atoms with Gasteiger partial charge in [-0.3, -0.25) is 4.79 Å². The minimum Gasteiger partial charge on any atom is -0.293 e. The van der Waals surface area contributed by atoms with Gasteiger partial charge in [0.2, 0.25) is 0 Å². The summed E-state index contributed by atoms with van der Waals surface area (Å²) in [6.07, 6.45) is 4.54. The number of allylic oxidation sites excluding steroid dienone is 2. The van der Waals surface area contributed by atoms with Crippen LogP contribution in [0.15, 0.2) is 35.9 Å². The van der Waals surface area contributed by atoms with Crippen molar-refractivity contribution < 1.29 is 4.79 Å². The highest BCUT2D eigenvalue weighted by Crippen LogP contribution is 2.22. The van der Waals surface area contributed by atoms with E-state index in [4.69, 9.17) is 0 Å². The molecule has 0 amide bonds. The molecule has 0 heterocycles. The molecule has 1 aromatic rings. The van der Waals surface area contributed by atoms with E-state index >= 15 is 0 Å². The van der Waals surface area contributed by atoms with Crippen LogP contribution >= 0.6 is 0 Å². The lowest BCUT2D eigenvalue weighted by atomic mass is 9.87. The first-order valence-electron chi connectivity index (χ1n) is 6.83. The first-order chi connectivity index (χ1) is 8.97. The molecule has 1 aromatic carbocycles. The lowest BCUT2D eigenvalue weighted by Gasteiger charge is -2.18. The molecule has 1 heteroatoms. The van der Waals surface area contributed by atoms with Gasteiger partial charge in [0.15, 0.2) is 5.78 Å². The van der Waals surface area contributed by atoms with Crippen molar-refractivity contribution in [2.75, 3.05) is 0 Å². The van der Waals surface area contributed by atoms with Crippen molar-refractivity contribution in [3.05, 3.63) is 47.0 Å². The van der Waals surface area contributed by atoms with Gasteiger partial charge < -0.3 is 0 Å². The van der Waals surface area contributed by atoms with E-state index in [1.165, 1.54) is 5.56 Å². The molecule has 0 bridgehead atoms. The van der Waals surface area contributed by atoms with Gasteiger partial charge in [0.1, 0.15) is 0 Å². The molecule has 0 aromatic heterocycles. The maximum absolute atomic E-state index is 11.6. The van der Waals surface area contributed by atoms with Crippen LogP contribution in [0.25, 0.3) is 0 Å². The third-order valence-electron chi connectivity index (χ3n) is 3.35. The Hall–Kier alpha value is -1.81. The van der Waals surface area contributed by atoms with Crippen molar-refractivity contribution in [3.8, 4) is 11.8 Å². The number of benzene rings is 1. The summed E-state index contributed by atoms with van der Waals surface area (Å²) >= 11 is 0. The predicted molar refractivity (Wildman–Crippen MR) is 79.0 cm³/mol. The molecule has 0 aliphatic heterocycles. The fourth-order valence-corrected chi connectivity index (χ4v) is 2.07. The maximum atomic E-state index is 11.6. The fraction of sp³-hybridized carbons (Fsp3) is 0.389. The third-order valence-corrected chi connectivity index (χ3v) is 3.35. The van der Waals surface area contributed by atoms with E-state index in [-0.39, 0.29) is 11.2 Å². The van der Waals surface area contributed by atoms with Crippen LogP contribution in [-0.2, 0) is 10.2 Å². The average molecular weight is 252 g/mol. The van der Waals surface area contributed by atoms with Crippen LogP contribution in [0.3, 0.4) is 0 Å². The summed E-state index contributed by atoms with van der Waals surface area (Å²) in [6, 6.07) is 8.28. The summed E-state index contributed by atoms with van der Waals surface area (Å²) in [4.78, 5) is 11.6. The Bertz CT molecular complexity index is 556. The molecule has 0 saturated carbocycles. The van der Waals surface area contributed by atoms with Gasteiger partial charge in [-0.15, -0.1) is 0 Å². The Morgan fingerprint density at radius 3 is 2.32 bits per heavy atom. The highest BCUT2D eigenvalue weighted by atomic mass is 16.1. The van der Waals surface area contributed by atoms with Crippen molar-refractivity contribution in [1.82, 2.24) is 0 Å². The van der Waals surface area contributed by atoms with E-state index in [2.05, 4.69) is 44.7 Å². The summed E-state index contributed by atoms with van der Waals surface area (Å²) in [5, 5.41) is 0. The number of Topliss-reactive ketones (excluding diaryl/α,β-unsaturated/α-hetero) is 1. The Labute approximate surface area is 115 Å². The molecule has 1 aliphatic rings. The summed E-state index contributed by atoms with van der Waals surface area (Å²) in [5.74, 6) is 6.28. The van der Waals surface area contributed by atoms with E-state index in [0.29, 0.717) is 12.0 Å². The van der Waals surface area contributed by atoms with Crippen LogP contribution in [0.2, 0.25) is 0 Å². The molecule has 1 aliphatic carbocycles. The van der Waals surface area contributed by atoms with E-state index in [9.17, 15) is 4.79 Å². The van der Waals surface area contributed by atoms with Crippen molar-refractivity contribution in [2.24, 2.45) is 0 Å². The van der Waals surface area contributed by atoms with E-state index < -0.39 is 0 Å². The van der Waals surface area contributed by atoms with Gasteiger partial charge in [0.25, 0.3) is 0 Å². The zero-order valence-electron chi connectivity index (χ0n) is 11.9. The van der Waals surface area contributed by atoms with Crippen molar-refractivity contribution in [1.29, 1.82) is 0 Å². The monoisotopic (exact) mass is 252 g/mol. The highest BCUT2D eigenvalue weighted by molar-refractivity contribution is 6.00. The second-order valence-electron chi connectivity index (χ2n) is 6.01. The zero-order chi connectivity index (χ0) is 13.9. The second-order valence-corrected chi connectivity index (χ2v) is 6.01. The Balaban J connectivity index is 2.17. The van der Waals surface area contributed by atoms with Crippen molar-refractivity contribution in [3.63, 3.8) is 0 Å². The van der Waals surface area contributed by atoms with Gasteiger partial charge in [0, 0.05) is 12.0 Å². The molecule has 1 nitrogen and oxygen atoms in total. The molecule has 19 heavy (non-hydrogen) atoms. The summed E-state index contributed by atoms with van der Waals surface area (Å²) in [6.45, 7) is 6.58. The molecular formula is C18H20O. The predicted octanol–water partition coefficient (Wildman–Crippen LogP) is 4.02. The minimum absolute atomic E-state index is 0.161. The molecular weight excluding hydrogens is 232 g/mol. The number of carbonyl (C=O) groups is 1. The first kappa shape index (κ1) is 13.6. The summed E-state index contributed by atoms with van der Waals surface area (Å²) in [7, 11) is 0. The average Bonchev–Trinajstić information content (AvgIpc) is 2.37. The van der Waals surface area contributed by atoms with Crippen molar-refractivity contribution in [2.45, 2.75) is 45.4 Å². The van der Waals surface area contributed by atoms with Crippen LogP contribution in [0.4, 0.5) is 0 Å². The van der Waals surface area contributed by atoms with E-state index in [1.807, 2.05) is 18.2 Å². The lowest BCUT2D eigenvalue weighted by molar-refractivity contribution is -0.115. The second kappa shape index (κ2) is 5.45. The van der Waals surface area contributed by atoms with E-state index in [1.54, 1.807) is 0 Å². The van der Waals surface area contributed by atoms with Crippen molar-refractivity contribution >= 4 is 5.78 Å². The number of carbonyl (C=O) groups excluding carboxylic acids is 1. The lowest BCUT2D eigenvalue weighted by Crippen LogP contribution is -2.10. The van der Waals surface area contributed by atoms with E-state index in [0.717, 1.165) is 18.4 Å². The highest BCUT2D eigenvalue weighted by Gasteiger charge is 2.13. The Morgan fingerprint density at radius 1 is 1.05 bits per heavy atom. The topological polar surface area (TPSA) is 17.1 Å². The summed E-state index contributed by atoms with van der Waals surface area (Å²) in [5.41, 5.74) is 3.11. The van der Waals surface area contributed by atoms with Crippen LogP contribution in [0, 0.1) is 11.8 Å². The number of rotatable bonds is 0. The SMILES string of the molecule is CC(C)(C)c1ccc(C#CC2=CCCCC2=O)cc1. The quantitative estimate of drug-likeness (QED) is 0.637. The van der Waals surface area contributed by atoms with Gasteiger partial charge in [-0.2, -0.15) is 0 Å². The molecule has 98 valence electrons. The van der Waals surface area contributed by atoms with Gasteiger partial charge >= 0.3 is 0 Å². The number of ketones is 1. The first-order valence-corrected chi connectivity index (χ1v) is 6.83. The molecule has 0 radical (unpaired) electrons. The maximum Gasteiger partial charge on any atom is 0.170 e. The number of hydrogen-bond donors (Lipinski definition) is 0. The molecule has 0 saturated heterocycles. The van der Waals surface area contributed by atoms with Gasteiger partial charge in [-0.1, -0.05) is 50.8 Å². The smallest absolute Gasteiger partial charge is 0.170 e. The Kier molecular flexibility index (Phi) is 3.90. The molecule has 0 atom stereocenters. The molecule has 0 N–H and O–H groups in total. The standard InChI is InChI=1S/C18H20O/c1-18(2,3)16-12-9-14(10-13-16)8-11-15-6-4-5-7-17(15)19/h6,9-10,12-13H,4-5,7H2,1-3H3. The molecule has 0 spiro atoms. The Morgan fingerprint density at radius 2 is 1.74 bits per heavy atom. The minimum atomic E-state index is 0.161.